The zero-order valence-electron chi connectivity index (χ0n) is 15.1. The molecule has 0 saturated heterocycles. The lowest BCUT2D eigenvalue weighted by molar-refractivity contribution is 0.0697. The monoisotopic (exact) mass is 400 g/mol. The number of aliphatic hydroxyl groups is 1. The Morgan fingerprint density at radius 3 is 2.52 bits per heavy atom. The Hall–Kier alpha value is -2.07. The second kappa shape index (κ2) is 8.30. The molecule has 0 aliphatic carbocycles. The summed E-state index contributed by atoms with van der Waals surface area (Å²) in [5, 5.41) is 19.4. The van der Waals surface area contributed by atoms with Crippen LogP contribution in [0.1, 0.15) is 39.6 Å². The Kier molecular flexibility index (Phi) is 6.05. The van der Waals surface area contributed by atoms with Gasteiger partial charge in [-0.1, -0.05) is 24.0 Å². The molecule has 2 aromatic carbocycles. The van der Waals surface area contributed by atoms with Crippen molar-refractivity contribution in [3.05, 3.63) is 64.7 Å². The molecule has 140 valence electrons. The molecule has 0 bridgehead atoms. The summed E-state index contributed by atoms with van der Waals surface area (Å²) in [7, 11) is 0. The van der Waals surface area contributed by atoms with Crippen LogP contribution in [0.3, 0.4) is 0 Å². The highest BCUT2D eigenvalue weighted by molar-refractivity contribution is 8.16. The van der Waals surface area contributed by atoms with Crippen molar-refractivity contribution in [3.63, 3.8) is 0 Å². The van der Waals surface area contributed by atoms with Gasteiger partial charge >= 0.3 is 5.97 Å². The van der Waals surface area contributed by atoms with E-state index >= 15 is 0 Å². The number of carboxylic acid groups (broad SMARTS) is 1. The van der Waals surface area contributed by atoms with Crippen LogP contribution in [0, 0.1) is 11.8 Å². The van der Waals surface area contributed by atoms with E-state index in [2.05, 4.69) is 24.4 Å². The summed E-state index contributed by atoms with van der Waals surface area (Å²) in [6, 6.07) is 12.0. The van der Waals surface area contributed by atoms with Crippen molar-refractivity contribution in [2.45, 2.75) is 16.6 Å². The number of rotatable bonds is 4. The number of carboxylic acids is 1. The summed E-state index contributed by atoms with van der Waals surface area (Å²) in [4.78, 5) is 10.9. The third-order valence-corrected chi connectivity index (χ3v) is 7.73. The van der Waals surface area contributed by atoms with Crippen LogP contribution >= 0.6 is 23.5 Å². The topological polar surface area (TPSA) is 66.8 Å². The first-order valence-electron chi connectivity index (χ1n) is 8.39. The minimum atomic E-state index is -0.977. The van der Waals surface area contributed by atoms with Crippen LogP contribution in [0.5, 0.6) is 5.75 Å². The number of aromatic carboxylic acids is 1. The summed E-state index contributed by atoms with van der Waals surface area (Å²) in [5.74, 6) is 5.52. The molecule has 1 aliphatic heterocycles. The summed E-state index contributed by atoms with van der Waals surface area (Å²) >= 11 is 3.62. The maximum atomic E-state index is 10.9. The molecule has 6 heteroatoms. The number of hydrogen-bond acceptors (Lipinski definition) is 5. The molecule has 0 amide bonds. The van der Waals surface area contributed by atoms with Crippen LogP contribution in [-0.2, 0) is 4.08 Å². The standard InChI is InChI=1S/C21H20O4S2/c1-26-21(27-2)11-12-25-19-13-16(8-9-17(19)21)18(22)10-5-14-3-6-15(7-4-14)20(23)24/h3-4,6-9,13,18,22H,11-12H2,1-2H3,(H,23,24). The number of hydrogen-bond donors (Lipinski definition) is 2. The van der Waals surface area contributed by atoms with Gasteiger partial charge in [0.2, 0.25) is 0 Å². The molecular formula is C21H20O4S2. The van der Waals surface area contributed by atoms with E-state index in [-0.39, 0.29) is 9.64 Å². The van der Waals surface area contributed by atoms with E-state index in [1.54, 1.807) is 12.1 Å². The Labute approximate surface area is 167 Å². The quantitative estimate of drug-likeness (QED) is 0.594. The molecule has 2 aromatic rings. The maximum Gasteiger partial charge on any atom is 0.335 e. The lowest BCUT2D eigenvalue weighted by Crippen LogP contribution is -2.26. The predicted molar refractivity (Wildman–Crippen MR) is 111 cm³/mol. The highest BCUT2D eigenvalue weighted by atomic mass is 32.2. The molecule has 1 aliphatic rings. The van der Waals surface area contributed by atoms with Gasteiger partial charge in [-0.3, -0.25) is 0 Å². The molecule has 0 aromatic heterocycles. The van der Waals surface area contributed by atoms with Crippen LogP contribution < -0.4 is 4.74 Å². The van der Waals surface area contributed by atoms with Crippen molar-refractivity contribution in [2.24, 2.45) is 0 Å². The fourth-order valence-corrected chi connectivity index (χ4v) is 5.03. The van der Waals surface area contributed by atoms with E-state index < -0.39 is 12.1 Å². The van der Waals surface area contributed by atoms with E-state index in [0.29, 0.717) is 17.7 Å². The smallest absolute Gasteiger partial charge is 0.335 e. The van der Waals surface area contributed by atoms with Crippen LogP contribution in [0.15, 0.2) is 42.5 Å². The van der Waals surface area contributed by atoms with Gasteiger partial charge in [0.15, 0.2) is 0 Å². The van der Waals surface area contributed by atoms with Crippen molar-refractivity contribution in [3.8, 4) is 17.6 Å². The molecule has 0 fully saturated rings. The minimum absolute atomic E-state index is 0.0192. The number of benzene rings is 2. The van der Waals surface area contributed by atoms with Gasteiger partial charge in [-0.15, -0.1) is 23.5 Å². The second-order valence-corrected chi connectivity index (χ2v) is 8.54. The molecule has 27 heavy (non-hydrogen) atoms. The van der Waals surface area contributed by atoms with Gasteiger partial charge in [-0.2, -0.15) is 0 Å². The SMILES string of the molecule is CSC1(SC)CCOc2cc(C(O)C#Cc3ccc(C(=O)O)cc3)ccc21. The number of carbonyl (C=O) groups is 1. The molecule has 3 rings (SSSR count). The second-order valence-electron chi connectivity index (χ2n) is 6.07. The van der Waals surface area contributed by atoms with Crippen molar-refractivity contribution in [2.75, 3.05) is 19.1 Å². The fourth-order valence-electron chi connectivity index (χ4n) is 3.01. The Morgan fingerprint density at radius 2 is 1.89 bits per heavy atom. The van der Waals surface area contributed by atoms with E-state index in [1.165, 1.54) is 12.1 Å². The number of ether oxygens (including phenoxy) is 1. The van der Waals surface area contributed by atoms with Gasteiger partial charge in [-0.25, -0.2) is 4.79 Å². The molecule has 0 saturated carbocycles. The minimum Gasteiger partial charge on any atom is -0.493 e. The van der Waals surface area contributed by atoms with Crippen LogP contribution in [0.2, 0.25) is 0 Å². The number of aliphatic hydroxyl groups excluding tert-OH is 1. The molecule has 1 atom stereocenters. The lowest BCUT2D eigenvalue weighted by atomic mass is 10.0. The molecular weight excluding hydrogens is 380 g/mol. The molecule has 4 nitrogen and oxygen atoms in total. The Morgan fingerprint density at radius 1 is 1.19 bits per heavy atom. The molecule has 1 heterocycles. The van der Waals surface area contributed by atoms with Crippen LogP contribution in [-0.4, -0.2) is 35.3 Å². The predicted octanol–water partition coefficient (Wildman–Crippen LogP) is 4.13. The summed E-state index contributed by atoms with van der Waals surface area (Å²) in [6.45, 7) is 0.649. The maximum absolute atomic E-state index is 10.9. The normalized spacial score (nSPS) is 15.7. The number of fused-ring (bicyclic) bond motifs is 1. The van der Waals surface area contributed by atoms with Crippen molar-refractivity contribution < 1.29 is 19.7 Å². The van der Waals surface area contributed by atoms with E-state index in [9.17, 15) is 9.90 Å². The average molecular weight is 401 g/mol. The third-order valence-electron chi connectivity index (χ3n) is 4.57. The van der Waals surface area contributed by atoms with Crippen LogP contribution in [0.25, 0.3) is 0 Å². The molecule has 1 unspecified atom stereocenters. The van der Waals surface area contributed by atoms with Gasteiger partial charge in [-0.05, 0) is 48.4 Å². The number of thioether (sulfide) groups is 2. The lowest BCUT2D eigenvalue weighted by Gasteiger charge is -2.36. The zero-order valence-corrected chi connectivity index (χ0v) is 16.7. The van der Waals surface area contributed by atoms with Gasteiger partial charge in [0.25, 0.3) is 0 Å². The van der Waals surface area contributed by atoms with Crippen molar-refractivity contribution in [1.29, 1.82) is 0 Å². The zero-order chi connectivity index (χ0) is 19.4. The summed E-state index contributed by atoms with van der Waals surface area (Å²) in [6.07, 6.45) is 4.21. The molecule has 0 radical (unpaired) electrons. The third kappa shape index (κ3) is 4.11. The first-order valence-corrected chi connectivity index (χ1v) is 10.8. The van der Waals surface area contributed by atoms with Crippen molar-refractivity contribution >= 4 is 29.5 Å². The highest BCUT2D eigenvalue weighted by Crippen LogP contribution is 2.52. The molecule has 2 N–H and O–H groups in total. The van der Waals surface area contributed by atoms with Gasteiger partial charge in [0.1, 0.15) is 11.9 Å². The summed E-state index contributed by atoms with van der Waals surface area (Å²) in [5.41, 5.74) is 2.68. The Balaban J connectivity index is 1.82. The van der Waals surface area contributed by atoms with E-state index in [1.807, 2.05) is 41.7 Å². The largest absolute Gasteiger partial charge is 0.493 e. The van der Waals surface area contributed by atoms with Gasteiger partial charge < -0.3 is 14.9 Å². The van der Waals surface area contributed by atoms with E-state index in [0.717, 1.165) is 17.7 Å². The van der Waals surface area contributed by atoms with Gasteiger partial charge in [0.05, 0.1) is 16.2 Å². The van der Waals surface area contributed by atoms with Crippen LogP contribution in [0.4, 0.5) is 0 Å². The van der Waals surface area contributed by atoms with Crippen molar-refractivity contribution in [1.82, 2.24) is 0 Å². The Bertz CT molecular complexity index is 893. The fraction of sp³-hybridized carbons (Fsp3) is 0.286. The summed E-state index contributed by atoms with van der Waals surface area (Å²) < 4.78 is 5.81. The van der Waals surface area contributed by atoms with E-state index in [4.69, 9.17) is 9.84 Å². The first-order chi connectivity index (χ1) is 13.0. The molecule has 0 spiro atoms. The first kappa shape index (κ1) is 19.7. The van der Waals surface area contributed by atoms with Gasteiger partial charge in [0, 0.05) is 17.5 Å². The average Bonchev–Trinajstić information content (AvgIpc) is 2.71. The highest BCUT2D eigenvalue weighted by Gasteiger charge is 2.36.